The van der Waals surface area contributed by atoms with Gasteiger partial charge in [-0.25, -0.2) is 4.98 Å². The Bertz CT molecular complexity index is 813. The van der Waals surface area contributed by atoms with E-state index in [0.29, 0.717) is 17.3 Å². The van der Waals surface area contributed by atoms with Gasteiger partial charge in [-0.2, -0.15) is 0 Å². The van der Waals surface area contributed by atoms with Crippen molar-refractivity contribution in [3.05, 3.63) is 63.1 Å². The molecule has 1 amide bonds. The van der Waals surface area contributed by atoms with Gasteiger partial charge in [0.1, 0.15) is 5.15 Å². The van der Waals surface area contributed by atoms with Crippen molar-refractivity contribution in [2.45, 2.75) is 13.5 Å². The van der Waals surface area contributed by atoms with Crippen molar-refractivity contribution in [3.8, 4) is 0 Å². The van der Waals surface area contributed by atoms with Crippen LogP contribution in [0.5, 0.6) is 0 Å². The normalized spacial score (nSPS) is 10.8. The van der Waals surface area contributed by atoms with Crippen molar-refractivity contribution in [2.24, 2.45) is 0 Å². The number of nitrogens with one attached hydrogen (secondary N) is 1. The lowest BCUT2D eigenvalue weighted by molar-refractivity contribution is 0.0952. The van der Waals surface area contributed by atoms with E-state index in [0.717, 1.165) is 15.6 Å². The van der Waals surface area contributed by atoms with Crippen LogP contribution in [-0.2, 0) is 6.54 Å². The second-order valence-electron chi connectivity index (χ2n) is 4.70. The molecule has 0 aliphatic heterocycles. The molecule has 2 heterocycles. The third-order valence-corrected chi connectivity index (χ3v) is 4.51. The molecule has 2 aromatic heterocycles. The van der Waals surface area contributed by atoms with Crippen LogP contribution in [0, 0.1) is 6.92 Å². The molecule has 0 fully saturated rings. The van der Waals surface area contributed by atoms with Gasteiger partial charge >= 0.3 is 0 Å². The minimum atomic E-state index is -0.138. The number of rotatable bonds is 3. The SMILES string of the molecule is Cc1ccc(CNC(=O)c2cnc(Cl)c3ccccc23)s1. The number of hydrogen-bond acceptors (Lipinski definition) is 3. The fourth-order valence-electron chi connectivity index (χ4n) is 2.18. The van der Waals surface area contributed by atoms with Crippen LogP contribution < -0.4 is 5.32 Å². The Hall–Kier alpha value is -1.91. The molecule has 0 saturated carbocycles. The number of aryl methyl sites for hydroxylation is 1. The van der Waals surface area contributed by atoms with E-state index >= 15 is 0 Å². The molecule has 3 nitrogen and oxygen atoms in total. The molecule has 0 aliphatic carbocycles. The number of hydrogen-bond donors (Lipinski definition) is 1. The standard InChI is InChI=1S/C16H13ClN2OS/c1-10-6-7-11(21-10)8-19-16(20)14-9-18-15(17)13-5-3-2-4-12(13)14/h2-7,9H,8H2,1H3,(H,19,20). The molecule has 0 saturated heterocycles. The number of benzene rings is 1. The monoisotopic (exact) mass is 316 g/mol. The van der Waals surface area contributed by atoms with E-state index < -0.39 is 0 Å². The van der Waals surface area contributed by atoms with Gasteiger partial charge in [-0.1, -0.05) is 35.9 Å². The van der Waals surface area contributed by atoms with E-state index in [1.165, 1.54) is 11.1 Å². The summed E-state index contributed by atoms with van der Waals surface area (Å²) in [5, 5.41) is 4.95. The van der Waals surface area contributed by atoms with Gasteiger partial charge in [0.25, 0.3) is 5.91 Å². The number of amides is 1. The predicted molar refractivity (Wildman–Crippen MR) is 87.0 cm³/mol. The lowest BCUT2D eigenvalue weighted by Crippen LogP contribution is -2.22. The largest absolute Gasteiger partial charge is 0.347 e. The van der Waals surface area contributed by atoms with Crippen molar-refractivity contribution in [3.63, 3.8) is 0 Å². The van der Waals surface area contributed by atoms with Gasteiger partial charge in [0, 0.05) is 21.3 Å². The molecule has 1 aromatic carbocycles. The molecular formula is C16H13ClN2OS. The predicted octanol–water partition coefficient (Wildman–Crippen LogP) is 4.19. The Morgan fingerprint density at radius 3 is 2.71 bits per heavy atom. The zero-order valence-corrected chi connectivity index (χ0v) is 13.0. The Morgan fingerprint density at radius 2 is 2.00 bits per heavy atom. The van der Waals surface area contributed by atoms with Crippen LogP contribution in [0.4, 0.5) is 0 Å². The van der Waals surface area contributed by atoms with Crippen molar-refractivity contribution in [2.75, 3.05) is 0 Å². The highest BCUT2D eigenvalue weighted by Crippen LogP contribution is 2.24. The van der Waals surface area contributed by atoms with Gasteiger partial charge in [0.15, 0.2) is 0 Å². The number of carbonyl (C=O) groups excluding carboxylic acids is 1. The minimum absolute atomic E-state index is 0.138. The maximum absolute atomic E-state index is 12.4. The molecule has 0 spiro atoms. The smallest absolute Gasteiger partial charge is 0.253 e. The average molecular weight is 317 g/mol. The lowest BCUT2D eigenvalue weighted by atomic mass is 10.1. The lowest BCUT2D eigenvalue weighted by Gasteiger charge is -2.08. The fourth-order valence-corrected chi connectivity index (χ4v) is 3.23. The van der Waals surface area contributed by atoms with Crippen LogP contribution in [0.3, 0.4) is 0 Å². The summed E-state index contributed by atoms with van der Waals surface area (Å²) in [5.74, 6) is -0.138. The third-order valence-electron chi connectivity index (χ3n) is 3.21. The fraction of sp³-hybridized carbons (Fsp3) is 0.125. The van der Waals surface area contributed by atoms with Crippen molar-refractivity contribution in [1.29, 1.82) is 0 Å². The molecule has 0 radical (unpaired) electrons. The number of fused-ring (bicyclic) bond motifs is 1. The summed E-state index contributed by atoms with van der Waals surface area (Å²) in [4.78, 5) is 18.8. The maximum Gasteiger partial charge on any atom is 0.253 e. The first kappa shape index (κ1) is 14.0. The summed E-state index contributed by atoms with van der Waals surface area (Å²) >= 11 is 7.75. The summed E-state index contributed by atoms with van der Waals surface area (Å²) in [6.45, 7) is 2.57. The number of aromatic nitrogens is 1. The van der Waals surface area contributed by atoms with Gasteiger partial charge in [-0.3, -0.25) is 4.79 Å². The van der Waals surface area contributed by atoms with E-state index in [2.05, 4.69) is 10.3 Å². The Labute approximate surface area is 131 Å². The molecule has 0 aliphatic rings. The van der Waals surface area contributed by atoms with Crippen molar-refractivity contribution in [1.82, 2.24) is 10.3 Å². The van der Waals surface area contributed by atoms with Crippen LogP contribution >= 0.6 is 22.9 Å². The topological polar surface area (TPSA) is 42.0 Å². The summed E-state index contributed by atoms with van der Waals surface area (Å²) in [5.41, 5.74) is 0.545. The number of pyridine rings is 1. The number of nitrogens with zero attached hydrogens (tertiary/aromatic N) is 1. The zero-order chi connectivity index (χ0) is 14.8. The summed E-state index contributed by atoms with van der Waals surface area (Å²) < 4.78 is 0. The quantitative estimate of drug-likeness (QED) is 0.736. The van der Waals surface area contributed by atoms with Crippen LogP contribution in [0.25, 0.3) is 10.8 Å². The molecule has 0 atom stereocenters. The first-order valence-electron chi connectivity index (χ1n) is 6.52. The van der Waals surface area contributed by atoms with Gasteiger partial charge in [0.2, 0.25) is 0 Å². The number of halogens is 1. The molecule has 0 unspecified atom stereocenters. The van der Waals surface area contributed by atoms with Gasteiger partial charge in [0.05, 0.1) is 12.1 Å². The van der Waals surface area contributed by atoms with Gasteiger partial charge in [-0.05, 0) is 24.4 Å². The van der Waals surface area contributed by atoms with E-state index in [9.17, 15) is 4.79 Å². The van der Waals surface area contributed by atoms with Gasteiger partial charge in [-0.15, -0.1) is 11.3 Å². The van der Waals surface area contributed by atoms with Crippen molar-refractivity contribution >= 4 is 39.6 Å². The first-order chi connectivity index (χ1) is 10.1. The highest BCUT2D eigenvalue weighted by atomic mass is 35.5. The van der Waals surface area contributed by atoms with Gasteiger partial charge < -0.3 is 5.32 Å². The Balaban J connectivity index is 1.86. The van der Waals surface area contributed by atoms with Crippen molar-refractivity contribution < 1.29 is 4.79 Å². The van der Waals surface area contributed by atoms with Crippen LogP contribution in [0.2, 0.25) is 5.15 Å². The zero-order valence-electron chi connectivity index (χ0n) is 11.4. The molecule has 106 valence electrons. The molecule has 3 aromatic rings. The van der Waals surface area contributed by atoms with E-state index in [1.54, 1.807) is 11.3 Å². The average Bonchev–Trinajstić information content (AvgIpc) is 2.91. The van der Waals surface area contributed by atoms with E-state index in [1.807, 2.05) is 43.3 Å². The van der Waals surface area contributed by atoms with Crippen LogP contribution in [0.15, 0.2) is 42.6 Å². The minimum Gasteiger partial charge on any atom is -0.347 e. The molecule has 21 heavy (non-hydrogen) atoms. The highest BCUT2D eigenvalue weighted by molar-refractivity contribution is 7.11. The first-order valence-corrected chi connectivity index (χ1v) is 7.71. The maximum atomic E-state index is 12.4. The summed E-state index contributed by atoms with van der Waals surface area (Å²) in [6.07, 6.45) is 1.53. The van der Waals surface area contributed by atoms with Crippen LogP contribution in [-0.4, -0.2) is 10.9 Å². The number of thiophene rings is 1. The Morgan fingerprint density at radius 1 is 1.24 bits per heavy atom. The Kier molecular flexibility index (Phi) is 3.90. The van der Waals surface area contributed by atoms with E-state index in [4.69, 9.17) is 11.6 Å². The van der Waals surface area contributed by atoms with Crippen LogP contribution in [0.1, 0.15) is 20.1 Å². The molecule has 5 heteroatoms. The molecule has 0 bridgehead atoms. The molecule has 1 N–H and O–H groups in total. The highest BCUT2D eigenvalue weighted by Gasteiger charge is 2.12. The third kappa shape index (κ3) is 2.91. The second kappa shape index (κ2) is 5.84. The van der Waals surface area contributed by atoms with E-state index in [-0.39, 0.29) is 5.91 Å². The summed E-state index contributed by atoms with van der Waals surface area (Å²) in [6, 6.07) is 11.6. The molecule has 3 rings (SSSR count). The second-order valence-corrected chi connectivity index (χ2v) is 6.43. The summed E-state index contributed by atoms with van der Waals surface area (Å²) in [7, 11) is 0. The molecular weight excluding hydrogens is 304 g/mol. The number of carbonyl (C=O) groups is 1.